The fraction of sp³-hybridized carbons (Fsp3) is 0.400. The maximum absolute atomic E-state index is 13.6. The normalized spacial score (nSPS) is 10.9. The Morgan fingerprint density at radius 1 is 0.889 bits per heavy atom. The van der Waals surface area contributed by atoms with E-state index in [0.29, 0.717) is 30.2 Å². The molecule has 0 spiro atoms. The Labute approximate surface area is 220 Å². The van der Waals surface area contributed by atoms with Gasteiger partial charge in [0.25, 0.3) is 5.91 Å². The van der Waals surface area contributed by atoms with Crippen LogP contribution in [0.2, 0.25) is 5.02 Å². The summed E-state index contributed by atoms with van der Waals surface area (Å²) in [4.78, 5) is 30.4. The van der Waals surface area contributed by atoms with E-state index in [1.165, 1.54) is 11.1 Å². The van der Waals surface area contributed by atoms with Crippen molar-refractivity contribution in [2.24, 2.45) is 0 Å². The maximum atomic E-state index is 13.6. The number of rotatable bonds is 13. The Balaban J connectivity index is 1.75. The highest BCUT2D eigenvalue weighted by Gasteiger charge is 2.23. The van der Waals surface area contributed by atoms with Crippen LogP contribution in [0.3, 0.4) is 0 Å². The number of amides is 2. The van der Waals surface area contributed by atoms with Gasteiger partial charge in [0.2, 0.25) is 5.91 Å². The quantitative estimate of drug-likeness (QED) is 0.262. The molecule has 36 heavy (non-hydrogen) atoms. The minimum absolute atomic E-state index is 0.0230. The van der Waals surface area contributed by atoms with Crippen LogP contribution >= 0.6 is 11.6 Å². The van der Waals surface area contributed by atoms with Gasteiger partial charge in [0.1, 0.15) is 6.54 Å². The van der Waals surface area contributed by atoms with Gasteiger partial charge in [-0.2, -0.15) is 0 Å². The molecule has 5 nitrogen and oxygen atoms in total. The third-order valence-corrected chi connectivity index (χ3v) is 6.58. The monoisotopic (exact) mass is 507 g/mol. The van der Waals surface area contributed by atoms with Crippen molar-refractivity contribution >= 4 is 23.4 Å². The Kier molecular flexibility index (Phi) is 10.6. The van der Waals surface area contributed by atoms with Gasteiger partial charge in [-0.05, 0) is 61.7 Å². The number of halogens is 1. The summed E-state index contributed by atoms with van der Waals surface area (Å²) in [5.74, 6) is -0.156. The third-order valence-electron chi connectivity index (χ3n) is 6.33. The summed E-state index contributed by atoms with van der Waals surface area (Å²) in [5.41, 5.74) is 4.11. The molecule has 0 bridgehead atoms. The first kappa shape index (κ1) is 27.5. The Morgan fingerprint density at radius 2 is 1.58 bits per heavy atom. The molecule has 3 aromatic rings. The predicted molar refractivity (Wildman–Crippen MR) is 147 cm³/mol. The van der Waals surface area contributed by atoms with Crippen LogP contribution < -0.4 is 0 Å². The number of carbonyl (C=O) groups excluding carboxylic acids is 2. The van der Waals surface area contributed by atoms with Crippen molar-refractivity contribution in [3.63, 3.8) is 0 Å². The molecule has 0 fully saturated rings. The van der Waals surface area contributed by atoms with E-state index >= 15 is 0 Å². The molecule has 1 aromatic heterocycles. The Hall–Kier alpha value is -3.05. The fourth-order valence-electron chi connectivity index (χ4n) is 4.23. The van der Waals surface area contributed by atoms with Gasteiger partial charge in [0.15, 0.2) is 0 Å². The average Bonchev–Trinajstić information content (AvgIpc) is 3.30. The van der Waals surface area contributed by atoms with E-state index in [-0.39, 0.29) is 18.4 Å². The molecular formula is C30H38ClN3O2. The van der Waals surface area contributed by atoms with E-state index in [2.05, 4.69) is 61.9 Å². The van der Waals surface area contributed by atoms with E-state index in [1.54, 1.807) is 29.2 Å². The second-order valence-electron chi connectivity index (χ2n) is 9.37. The van der Waals surface area contributed by atoms with Crippen LogP contribution in [0.5, 0.6) is 0 Å². The van der Waals surface area contributed by atoms with Gasteiger partial charge in [-0.1, -0.05) is 68.1 Å². The molecule has 0 aliphatic heterocycles. The molecule has 0 aliphatic carbocycles. The molecular weight excluding hydrogens is 470 g/mol. The zero-order chi connectivity index (χ0) is 25.9. The van der Waals surface area contributed by atoms with Crippen molar-refractivity contribution in [3.8, 4) is 0 Å². The summed E-state index contributed by atoms with van der Waals surface area (Å²) in [6.07, 6.45) is 5.78. The number of hydrogen-bond acceptors (Lipinski definition) is 2. The maximum Gasteiger partial charge on any atom is 0.254 e. The number of unbranched alkanes of at least 4 members (excludes halogenated alkanes) is 2. The SMILES string of the molecule is CCCCN(Cc1cccn1Cc1cccc(C)c1)C(=O)CN(CCCC)C(=O)c1ccc(Cl)cc1. The molecule has 0 N–H and O–H groups in total. The lowest BCUT2D eigenvalue weighted by molar-refractivity contribution is -0.132. The lowest BCUT2D eigenvalue weighted by Gasteiger charge is -2.28. The van der Waals surface area contributed by atoms with Crippen molar-refractivity contribution in [1.29, 1.82) is 0 Å². The van der Waals surface area contributed by atoms with Gasteiger partial charge in [0.05, 0.1) is 6.54 Å². The van der Waals surface area contributed by atoms with Crippen molar-refractivity contribution in [2.75, 3.05) is 19.6 Å². The van der Waals surface area contributed by atoms with Gasteiger partial charge >= 0.3 is 0 Å². The van der Waals surface area contributed by atoms with Crippen LogP contribution in [-0.2, 0) is 17.9 Å². The van der Waals surface area contributed by atoms with Crippen LogP contribution in [-0.4, -0.2) is 45.8 Å². The van der Waals surface area contributed by atoms with Crippen LogP contribution in [0.1, 0.15) is 66.7 Å². The van der Waals surface area contributed by atoms with E-state index < -0.39 is 0 Å². The van der Waals surface area contributed by atoms with Crippen molar-refractivity contribution in [3.05, 3.63) is 94.3 Å². The summed E-state index contributed by atoms with van der Waals surface area (Å²) in [6.45, 7) is 8.89. The zero-order valence-electron chi connectivity index (χ0n) is 21.8. The minimum atomic E-state index is -0.133. The summed E-state index contributed by atoms with van der Waals surface area (Å²) in [7, 11) is 0. The van der Waals surface area contributed by atoms with Gasteiger partial charge in [-0.15, -0.1) is 0 Å². The van der Waals surface area contributed by atoms with Crippen LogP contribution in [0.4, 0.5) is 0 Å². The van der Waals surface area contributed by atoms with E-state index in [0.717, 1.165) is 37.9 Å². The topological polar surface area (TPSA) is 45.6 Å². The van der Waals surface area contributed by atoms with E-state index in [4.69, 9.17) is 11.6 Å². The summed E-state index contributed by atoms with van der Waals surface area (Å²) in [6, 6.07) is 19.5. The first-order chi connectivity index (χ1) is 17.4. The number of benzene rings is 2. The molecule has 192 valence electrons. The first-order valence-electron chi connectivity index (χ1n) is 12.9. The van der Waals surface area contributed by atoms with Crippen molar-refractivity contribution < 1.29 is 9.59 Å². The first-order valence-corrected chi connectivity index (χ1v) is 13.3. The highest BCUT2D eigenvalue weighted by atomic mass is 35.5. The van der Waals surface area contributed by atoms with Crippen LogP contribution in [0.15, 0.2) is 66.9 Å². The lowest BCUT2D eigenvalue weighted by atomic mass is 10.1. The Bertz CT molecular complexity index is 1120. The second kappa shape index (κ2) is 13.9. The highest BCUT2D eigenvalue weighted by molar-refractivity contribution is 6.30. The molecule has 3 rings (SSSR count). The standard InChI is InChI=1S/C30H38ClN3O2/c1-4-6-17-33(22-28-12-9-19-32(28)21-25-11-8-10-24(3)20-25)29(35)23-34(18-7-5-2)30(36)26-13-15-27(31)16-14-26/h8-16,19-20H,4-7,17-18,21-23H2,1-3H3. The van der Waals surface area contributed by atoms with Gasteiger partial charge in [0, 0.05) is 42.1 Å². The van der Waals surface area contributed by atoms with Crippen LogP contribution in [0, 0.1) is 6.92 Å². The molecule has 0 saturated carbocycles. The Morgan fingerprint density at radius 3 is 2.25 bits per heavy atom. The molecule has 0 saturated heterocycles. The van der Waals surface area contributed by atoms with E-state index in [1.807, 2.05) is 11.0 Å². The summed E-state index contributed by atoms with van der Waals surface area (Å²) >= 11 is 6.01. The number of aromatic nitrogens is 1. The van der Waals surface area contributed by atoms with Crippen molar-refractivity contribution in [1.82, 2.24) is 14.4 Å². The molecule has 6 heteroatoms. The van der Waals surface area contributed by atoms with Gasteiger partial charge in [-0.3, -0.25) is 9.59 Å². The summed E-state index contributed by atoms with van der Waals surface area (Å²) in [5, 5.41) is 0.585. The van der Waals surface area contributed by atoms with E-state index in [9.17, 15) is 9.59 Å². The minimum Gasteiger partial charge on any atom is -0.345 e. The molecule has 2 aromatic carbocycles. The number of nitrogens with zero attached hydrogens (tertiary/aromatic N) is 3. The zero-order valence-corrected chi connectivity index (χ0v) is 22.5. The molecule has 0 unspecified atom stereocenters. The van der Waals surface area contributed by atoms with Gasteiger partial charge < -0.3 is 14.4 Å². The smallest absolute Gasteiger partial charge is 0.254 e. The average molecular weight is 508 g/mol. The van der Waals surface area contributed by atoms with Gasteiger partial charge in [-0.25, -0.2) is 0 Å². The van der Waals surface area contributed by atoms with Crippen molar-refractivity contribution in [2.45, 2.75) is 59.5 Å². The second-order valence-corrected chi connectivity index (χ2v) is 9.81. The molecule has 0 radical (unpaired) electrons. The summed E-state index contributed by atoms with van der Waals surface area (Å²) < 4.78 is 2.20. The molecule has 0 atom stereocenters. The predicted octanol–water partition coefficient (Wildman–Crippen LogP) is 6.57. The number of hydrogen-bond donors (Lipinski definition) is 0. The van der Waals surface area contributed by atoms with Crippen LogP contribution in [0.25, 0.3) is 0 Å². The fourth-order valence-corrected chi connectivity index (χ4v) is 4.36. The number of aryl methyl sites for hydroxylation is 1. The molecule has 2 amide bonds. The highest BCUT2D eigenvalue weighted by Crippen LogP contribution is 2.15. The third kappa shape index (κ3) is 7.99. The lowest BCUT2D eigenvalue weighted by Crippen LogP contribution is -2.43. The largest absolute Gasteiger partial charge is 0.345 e. The molecule has 1 heterocycles. The number of carbonyl (C=O) groups is 2. The molecule has 0 aliphatic rings.